The number of hydrogen-bond donors (Lipinski definition) is 1. The molecule has 2 rings (SSSR count). The Morgan fingerprint density at radius 3 is 2.68 bits per heavy atom. The molecule has 0 aliphatic rings. The van der Waals surface area contributed by atoms with Crippen LogP contribution < -0.4 is 14.8 Å². The lowest BCUT2D eigenvalue weighted by molar-refractivity contribution is 0.0939. The van der Waals surface area contributed by atoms with Crippen LogP contribution in [0.3, 0.4) is 0 Å². The third kappa shape index (κ3) is 5.34. The molecule has 1 aromatic heterocycles. The number of methoxy groups -OCH3 is 2. The second kappa shape index (κ2) is 9.25. The number of hydrogen-bond acceptors (Lipinski definition) is 5. The third-order valence-corrected chi connectivity index (χ3v) is 3.78. The molecule has 0 aliphatic heterocycles. The first kappa shape index (κ1) is 19.0. The molecular weight excluding hydrogens is 344 g/mol. The van der Waals surface area contributed by atoms with Gasteiger partial charge in [0, 0.05) is 18.9 Å². The lowest BCUT2D eigenvalue weighted by atomic mass is 10.1. The van der Waals surface area contributed by atoms with E-state index in [1.165, 1.54) is 12.3 Å². The van der Waals surface area contributed by atoms with E-state index in [0.717, 1.165) is 5.56 Å². The van der Waals surface area contributed by atoms with Crippen molar-refractivity contribution in [2.45, 2.75) is 13.0 Å². The van der Waals surface area contributed by atoms with Crippen molar-refractivity contribution in [3.63, 3.8) is 0 Å². The van der Waals surface area contributed by atoms with E-state index in [2.05, 4.69) is 10.3 Å². The van der Waals surface area contributed by atoms with Crippen molar-refractivity contribution in [1.29, 1.82) is 0 Å². The van der Waals surface area contributed by atoms with Crippen LogP contribution in [-0.4, -0.2) is 38.3 Å². The van der Waals surface area contributed by atoms with Gasteiger partial charge in [0.2, 0.25) is 0 Å². The van der Waals surface area contributed by atoms with E-state index >= 15 is 0 Å². The summed E-state index contributed by atoms with van der Waals surface area (Å²) in [7, 11) is 3.19. The normalized spacial score (nSPS) is 11.7. The predicted molar refractivity (Wildman–Crippen MR) is 95.5 cm³/mol. The van der Waals surface area contributed by atoms with Crippen LogP contribution in [0.4, 0.5) is 0 Å². The first-order valence-electron chi connectivity index (χ1n) is 7.77. The van der Waals surface area contributed by atoms with E-state index in [1.807, 2.05) is 25.1 Å². The smallest absolute Gasteiger partial charge is 0.251 e. The molecule has 1 atom stereocenters. The van der Waals surface area contributed by atoms with Gasteiger partial charge in [-0.3, -0.25) is 4.79 Å². The van der Waals surface area contributed by atoms with Crippen molar-refractivity contribution in [3.8, 4) is 11.5 Å². The van der Waals surface area contributed by atoms with E-state index in [9.17, 15) is 4.79 Å². The lowest BCUT2D eigenvalue weighted by Crippen LogP contribution is -2.26. The molecule has 0 aliphatic carbocycles. The highest BCUT2D eigenvalue weighted by atomic mass is 35.5. The van der Waals surface area contributed by atoms with Gasteiger partial charge in [0.05, 0.1) is 19.8 Å². The second-order valence-electron chi connectivity index (χ2n) is 5.31. The number of nitrogens with one attached hydrogen (secondary N) is 1. The topological polar surface area (TPSA) is 69.7 Å². The Hall–Kier alpha value is -2.31. The molecule has 0 fully saturated rings. The molecule has 0 saturated heterocycles. The molecule has 25 heavy (non-hydrogen) atoms. The number of rotatable bonds is 8. The minimum absolute atomic E-state index is 0.221. The van der Waals surface area contributed by atoms with E-state index in [0.29, 0.717) is 30.3 Å². The van der Waals surface area contributed by atoms with Crippen molar-refractivity contribution < 1.29 is 19.0 Å². The molecule has 2 aromatic rings. The van der Waals surface area contributed by atoms with E-state index in [1.54, 1.807) is 20.3 Å². The summed E-state index contributed by atoms with van der Waals surface area (Å²) >= 11 is 5.82. The maximum Gasteiger partial charge on any atom is 0.251 e. The fourth-order valence-electron chi connectivity index (χ4n) is 2.21. The number of ether oxygens (including phenoxy) is 3. The summed E-state index contributed by atoms with van der Waals surface area (Å²) in [5.41, 5.74) is 1.35. The minimum atomic E-state index is -0.226. The zero-order valence-electron chi connectivity index (χ0n) is 14.4. The quantitative estimate of drug-likeness (QED) is 0.575. The van der Waals surface area contributed by atoms with Crippen LogP contribution in [0.1, 0.15) is 28.9 Å². The van der Waals surface area contributed by atoms with Gasteiger partial charge in [-0.25, -0.2) is 4.98 Å². The van der Waals surface area contributed by atoms with Gasteiger partial charge in [0.25, 0.3) is 5.91 Å². The Labute approximate surface area is 152 Å². The second-order valence-corrected chi connectivity index (χ2v) is 5.70. The van der Waals surface area contributed by atoms with Gasteiger partial charge in [-0.1, -0.05) is 17.7 Å². The van der Waals surface area contributed by atoms with Crippen LogP contribution >= 0.6 is 11.6 Å². The third-order valence-electron chi connectivity index (χ3n) is 3.57. The Morgan fingerprint density at radius 2 is 2.00 bits per heavy atom. The fraction of sp³-hybridized carbons (Fsp3) is 0.333. The summed E-state index contributed by atoms with van der Waals surface area (Å²) in [6.45, 7) is 2.81. The molecule has 0 bridgehead atoms. The molecule has 0 radical (unpaired) electrons. The number of amides is 1. The van der Waals surface area contributed by atoms with Crippen LogP contribution in [0.15, 0.2) is 36.5 Å². The summed E-state index contributed by atoms with van der Waals surface area (Å²) in [6, 6.07) is 8.46. The molecule has 1 aromatic carbocycles. The standard InChI is InChI=1S/C18H21ClN2O4/c1-12(21-18(22)14-6-7-20-17(19)11-14)13-4-5-15(16(10-13)24-3)25-9-8-23-2/h4-7,10-12H,8-9H2,1-3H3,(H,21,22)/t12-/m1/s1. The van der Waals surface area contributed by atoms with E-state index < -0.39 is 0 Å². The van der Waals surface area contributed by atoms with Crippen molar-refractivity contribution in [2.24, 2.45) is 0 Å². The van der Waals surface area contributed by atoms with Gasteiger partial charge >= 0.3 is 0 Å². The Bertz CT molecular complexity index is 724. The summed E-state index contributed by atoms with van der Waals surface area (Å²) < 4.78 is 15.9. The number of nitrogens with zero attached hydrogens (tertiary/aromatic N) is 1. The molecule has 1 amide bonds. The highest BCUT2D eigenvalue weighted by Gasteiger charge is 2.14. The molecule has 6 nitrogen and oxygen atoms in total. The summed E-state index contributed by atoms with van der Waals surface area (Å²) in [5, 5.41) is 3.20. The number of pyridine rings is 1. The molecule has 7 heteroatoms. The highest BCUT2D eigenvalue weighted by molar-refractivity contribution is 6.29. The Kier molecular flexibility index (Phi) is 7.03. The van der Waals surface area contributed by atoms with Gasteiger partial charge in [0.1, 0.15) is 11.8 Å². The van der Waals surface area contributed by atoms with Gasteiger partial charge in [-0.05, 0) is 36.8 Å². The van der Waals surface area contributed by atoms with E-state index in [4.69, 9.17) is 25.8 Å². The largest absolute Gasteiger partial charge is 0.493 e. The van der Waals surface area contributed by atoms with Crippen LogP contribution in [0.5, 0.6) is 11.5 Å². The Morgan fingerprint density at radius 1 is 1.20 bits per heavy atom. The molecule has 1 N–H and O–H groups in total. The van der Waals surface area contributed by atoms with Gasteiger partial charge in [-0.2, -0.15) is 0 Å². The predicted octanol–water partition coefficient (Wildman–Crippen LogP) is 3.26. The molecular formula is C18H21ClN2O4. The number of benzene rings is 1. The number of carbonyl (C=O) groups excluding carboxylic acids is 1. The van der Waals surface area contributed by atoms with Crippen LogP contribution in [0.25, 0.3) is 0 Å². The van der Waals surface area contributed by atoms with Gasteiger partial charge < -0.3 is 19.5 Å². The average Bonchev–Trinajstić information content (AvgIpc) is 2.62. The van der Waals surface area contributed by atoms with Crippen molar-refractivity contribution >= 4 is 17.5 Å². The molecule has 134 valence electrons. The van der Waals surface area contributed by atoms with Crippen LogP contribution in [-0.2, 0) is 4.74 Å². The summed E-state index contributed by atoms with van der Waals surface area (Å²) in [5.74, 6) is 1.00. The summed E-state index contributed by atoms with van der Waals surface area (Å²) in [4.78, 5) is 16.2. The van der Waals surface area contributed by atoms with Crippen molar-refractivity contribution in [1.82, 2.24) is 10.3 Å². The first-order valence-corrected chi connectivity index (χ1v) is 8.15. The molecule has 1 heterocycles. The van der Waals surface area contributed by atoms with Crippen molar-refractivity contribution in [2.75, 3.05) is 27.4 Å². The average molecular weight is 365 g/mol. The van der Waals surface area contributed by atoms with Crippen LogP contribution in [0, 0.1) is 0 Å². The minimum Gasteiger partial charge on any atom is -0.493 e. The zero-order chi connectivity index (χ0) is 18.2. The van der Waals surface area contributed by atoms with Gasteiger partial charge in [-0.15, -0.1) is 0 Å². The number of aromatic nitrogens is 1. The molecule has 0 unspecified atom stereocenters. The number of carbonyl (C=O) groups is 1. The zero-order valence-corrected chi connectivity index (χ0v) is 15.2. The highest BCUT2D eigenvalue weighted by Crippen LogP contribution is 2.30. The lowest BCUT2D eigenvalue weighted by Gasteiger charge is -2.17. The van der Waals surface area contributed by atoms with Crippen LogP contribution in [0.2, 0.25) is 5.15 Å². The van der Waals surface area contributed by atoms with Gasteiger partial charge in [0.15, 0.2) is 11.5 Å². The van der Waals surface area contributed by atoms with Crippen molar-refractivity contribution in [3.05, 3.63) is 52.8 Å². The maximum absolute atomic E-state index is 12.3. The Balaban J connectivity index is 2.08. The first-order chi connectivity index (χ1) is 12.0. The molecule has 0 saturated carbocycles. The summed E-state index contributed by atoms with van der Waals surface area (Å²) in [6.07, 6.45) is 1.50. The maximum atomic E-state index is 12.3. The number of halogens is 1. The van der Waals surface area contributed by atoms with E-state index in [-0.39, 0.29) is 17.1 Å². The monoisotopic (exact) mass is 364 g/mol. The molecule has 0 spiro atoms. The fourth-order valence-corrected chi connectivity index (χ4v) is 2.39. The SMILES string of the molecule is COCCOc1ccc([C@@H](C)NC(=O)c2ccnc(Cl)c2)cc1OC.